The lowest BCUT2D eigenvalue weighted by atomic mass is 10.2. The lowest BCUT2D eigenvalue weighted by Gasteiger charge is -1.96. The zero-order valence-electron chi connectivity index (χ0n) is 13.1. The van der Waals surface area contributed by atoms with Crippen LogP contribution in [0.25, 0.3) is 21.5 Å². The highest BCUT2D eigenvalue weighted by Crippen LogP contribution is 2.28. The number of nitro benzene ring substituents is 1. The van der Waals surface area contributed by atoms with E-state index in [4.69, 9.17) is 4.42 Å². The van der Waals surface area contributed by atoms with Gasteiger partial charge in [-0.3, -0.25) is 20.2 Å². The van der Waals surface area contributed by atoms with Crippen LogP contribution in [-0.4, -0.2) is 21.0 Å². The standard InChI is InChI=1S/C17H10N4O4S/c22-15(14-9-11-3-1-2-4-13(11)25-14)18-17-20-19-16(26-17)10-5-7-12(8-6-10)21(23)24/h1-9H,(H,18,20,22). The number of non-ortho nitro benzene ring substituents is 1. The van der Waals surface area contributed by atoms with Crippen LogP contribution in [0.5, 0.6) is 0 Å². The molecule has 4 aromatic rings. The summed E-state index contributed by atoms with van der Waals surface area (Å²) >= 11 is 1.16. The van der Waals surface area contributed by atoms with E-state index in [0.717, 1.165) is 16.7 Å². The molecule has 8 nitrogen and oxygen atoms in total. The Morgan fingerprint density at radius 1 is 1.12 bits per heavy atom. The molecule has 2 heterocycles. The smallest absolute Gasteiger partial charge is 0.293 e. The normalized spacial score (nSPS) is 10.8. The van der Waals surface area contributed by atoms with E-state index in [1.165, 1.54) is 12.1 Å². The number of carbonyl (C=O) groups excluding carboxylic acids is 1. The molecule has 1 N–H and O–H groups in total. The van der Waals surface area contributed by atoms with Crippen LogP contribution >= 0.6 is 11.3 Å². The molecule has 0 aliphatic rings. The number of amides is 1. The molecule has 128 valence electrons. The van der Waals surface area contributed by atoms with Crippen LogP contribution in [0.2, 0.25) is 0 Å². The molecule has 0 aliphatic carbocycles. The first-order valence-electron chi connectivity index (χ1n) is 7.48. The molecule has 0 fully saturated rings. The fourth-order valence-corrected chi connectivity index (χ4v) is 3.11. The molecular formula is C17H10N4O4S. The Bertz CT molecular complexity index is 1080. The zero-order valence-corrected chi connectivity index (χ0v) is 13.9. The Labute approximate surface area is 150 Å². The Hall–Kier alpha value is -3.59. The van der Waals surface area contributed by atoms with Gasteiger partial charge in [-0.1, -0.05) is 29.5 Å². The van der Waals surface area contributed by atoms with Gasteiger partial charge in [0.15, 0.2) is 5.76 Å². The first-order chi connectivity index (χ1) is 12.6. The van der Waals surface area contributed by atoms with Crippen molar-refractivity contribution in [3.05, 3.63) is 70.5 Å². The summed E-state index contributed by atoms with van der Waals surface area (Å²) in [5.74, 6) is -0.245. The van der Waals surface area contributed by atoms with Gasteiger partial charge < -0.3 is 4.42 Å². The number of hydrogen-bond acceptors (Lipinski definition) is 7. The van der Waals surface area contributed by atoms with Crippen LogP contribution in [0.1, 0.15) is 10.6 Å². The summed E-state index contributed by atoms with van der Waals surface area (Å²) in [6.45, 7) is 0. The van der Waals surface area contributed by atoms with Gasteiger partial charge in [0, 0.05) is 23.1 Å². The molecule has 0 aliphatic heterocycles. The fourth-order valence-electron chi connectivity index (χ4n) is 2.37. The molecular weight excluding hydrogens is 356 g/mol. The van der Waals surface area contributed by atoms with Gasteiger partial charge in [-0.05, 0) is 24.3 Å². The average molecular weight is 366 g/mol. The van der Waals surface area contributed by atoms with Crippen molar-refractivity contribution < 1.29 is 14.1 Å². The van der Waals surface area contributed by atoms with Gasteiger partial charge in [0.25, 0.3) is 11.6 Å². The summed E-state index contributed by atoms with van der Waals surface area (Å²) in [5.41, 5.74) is 1.30. The summed E-state index contributed by atoms with van der Waals surface area (Å²) in [4.78, 5) is 22.5. The quantitative estimate of drug-likeness (QED) is 0.430. The van der Waals surface area contributed by atoms with Gasteiger partial charge >= 0.3 is 0 Å². The van der Waals surface area contributed by atoms with Crippen molar-refractivity contribution in [1.29, 1.82) is 0 Å². The third-order valence-electron chi connectivity index (χ3n) is 3.62. The van der Waals surface area contributed by atoms with Crippen LogP contribution < -0.4 is 5.32 Å². The van der Waals surface area contributed by atoms with Gasteiger partial charge in [0.2, 0.25) is 5.13 Å². The van der Waals surface area contributed by atoms with Crippen molar-refractivity contribution >= 4 is 39.0 Å². The number of rotatable bonds is 4. The van der Waals surface area contributed by atoms with Crippen LogP contribution in [0.15, 0.2) is 59.0 Å². The number of anilines is 1. The minimum Gasteiger partial charge on any atom is -0.451 e. The second kappa shape index (κ2) is 6.37. The second-order valence-electron chi connectivity index (χ2n) is 5.32. The summed E-state index contributed by atoms with van der Waals surface area (Å²) in [7, 11) is 0. The number of benzene rings is 2. The Morgan fingerprint density at radius 3 is 2.62 bits per heavy atom. The van der Waals surface area contributed by atoms with Crippen molar-refractivity contribution in [2.24, 2.45) is 0 Å². The molecule has 2 aromatic heterocycles. The fraction of sp³-hybridized carbons (Fsp3) is 0. The van der Waals surface area contributed by atoms with E-state index in [-0.39, 0.29) is 11.4 Å². The van der Waals surface area contributed by atoms with E-state index < -0.39 is 10.8 Å². The number of hydrogen-bond donors (Lipinski definition) is 1. The van der Waals surface area contributed by atoms with Crippen LogP contribution in [0.4, 0.5) is 10.8 Å². The van der Waals surface area contributed by atoms with Crippen molar-refractivity contribution in [3.8, 4) is 10.6 Å². The number of fused-ring (bicyclic) bond motifs is 1. The maximum Gasteiger partial charge on any atom is 0.293 e. The minimum atomic E-state index is -0.469. The van der Waals surface area contributed by atoms with Crippen LogP contribution in [0, 0.1) is 10.1 Å². The number of nitrogens with one attached hydrogen (secondary N) is 1. The molecule has 0 saturated carbocycles. The van der Waals surface area contributed by atoms with Gasteiger partial charge in [0.1, 0.15) is 10.6 Å². The second-order valence-corrected chi connectivity index (χ2v) is 6.30. The monoisotopic (exact) mass is 366 g/mol. The summed E-state index contributed by atoms with van der Waals surface area (Å²) in [6.07, 6.45) is 0. The first kappa shape index (κ1) is 15.9. The maximum absolute atomic E-state index is 12.3. The SMILES string of the molecule is O=C(Nc1nnc(-c2ccc([N+](=O)[O-])cc2)s1)c1cc2ccccc2o1. The number of nitrogens with zero attached hydrogens (tertiary/aromatic N) is 3. The molecule has 9 heteroatoms. The van der Waals surface area contributed by atoms with Crippen LogP contribution in [-0.2, 0) is 0 Å². The maximum atomic E-state index is 12.3. The highest BCUT2D eigenvalue weighted by atomic mass is 32.1. The van der Waals surface area contributed by atoms with Gasteiger partial charge in [0.05, 0.1) is 4.92 Å². The molecule has 0 bridgehead atoms. The topological polar surface area (TPSA) is 111 Å². The van der Waals surface area contributed by atoms with Crippen molar-refractivity contribution in [2.45, 2.75) is 0 Å². The summed E-state index contributed by atoms with van der Waals surface area (Å²) in [5, 5.41) is 23.0. The van der Waals surface area contributed by atoms with Crippen LogP contribution in [0.3, 0.4) is 0 Å². The Balaban J connectivity index is 1.52. The molecule has 4 rings (SSSR count). The number of para-hydroxylation sites is 1. The number of carbonyl (C=O) groups is 1. The number of nitro groups is 1. The summed E-state index contributed by atoms with van der Waals surface area (Å²) < 4.78 is 5.51. The highest BCUT2D eigenvalue weighted by Gasteiger charge is 2.15. The van der Waals surface area contributed by atoms with Crippen molar-refractivity contribution in [2.75, 3.05) is 5.32 Å². The molecule has 0 spiro atoms. The molecule has 0 atom stereocenters. The predicted octanol–water partition coefficient (Wildman–Crippen LogP) is 4.11. The molecule has 0 unspecified atom stereocenters. The molecule has 0 radical (unpaired) electrons. The molecule has 2 aromatic carbocycles. The number of furan rings is 1. The zero-order chi connectivity index (χ0) is 18.1. The van der Waals surface area contributed by atoms with Gasteiger partial charge in [-0.2, -0.15) is 0 Å². The first-order valence-corrected chi connectivity index (χ1v) is 8.30. The molecule has 0 saturated heterocycles. The van der Waals surface area contributed by atoms with Gasteiger partial charge in [-0.25, -0.2) is 0 Å². The van der Waals surface area contributed by atoms with Crippen molar-refractivity contribution in [3.63, 3.8) is 0 Å². The van der Waals surface area contributed by atoms with E-state index in [0.29, 0.717) is 21.3 Å². The molecule has 26 heavy (non-hydrogen) atoms. The number of aromatic nitrogens is 2. The average Bonchev–Trinajstić information content (AvgIpc) is 3.28. The Morgan fingerprint density at radius 2 is 1.88 bits per heavy atom. The Kier molecular flexibility index (Phi) is 3.90. The lowest BCUT2D eigenvalue weighted by molar-refractivity contribution is -0.384. The van der Waals surface area contributed by atoms with Crippen molar-refractivity contribution in [1.82, 2.24) is 10.2 Å². The molecule has 1 amide bonds. The van der Waals surface area contributed by atoms with E-state index >= 15 is 0 Å². The van der Waals surface area contributed by atoms with E-state index in [1.807, 2.05) is 18.2 Å². The largest absolute Gasteiger partial charge is 0.451 e. The highest BCUT2D eigenvalue weighted by molar-refractivity contribution is 7.18. The minimum absolute atomic E-state index is 0.00308. The van der Waals surface area contributed by atoms with E-state index in [1.54, 1.807) is 24.3 Å². The summed E-state index contributed by atoms with van der Waals surface area (Å²) in [6, 6.07) is 14.9. The lowest BCUT2D eigenvalue weighted by Crippen LogP contribution is -2.10. The third-order valence-corrected chi connectivity index (χ3v) is 4.51. The predicted molar refractivity (Wildman–Crippen MR) is 96.2 cm³/mol. The third kappa shape index (κ3) is 3.03. The van der Waals surface area contributed by atoms with Gasteiger partial charge in [-0.15, -0.1) is 10.2 Å². The van der Waals surface area contributed by atoms with E-state index in [9.17, 15) is 14.9 Å². The van der Waals surface area contributed by atoms with E-state index in [2.05, 4.69) is 15.5 Å².